The molecule has 122 valence electrons. The van der Waals surface area contributed by atoms with Crippen LogP contribution in [0.1, 0.15) is 0 Å². The Labute approximate surface area is 147 Å². The largest absolute Gasteiger partial charge is 0.349 e. The molecule has 0 aliphatic carbocycles. The first-order valence-electron chi connectivity index (χ1n) is 8.48. The average molecular weight is 348 g/mol. The van der Waals surface area contributed by atoms with E-state index >= 15 is 0 Å². The number of hydrogen-bond donors (Lipinski definition) is 1. The van der Waals surface area contributed by atoms with Gasteiger partial charge in [0.2, 0.25) is 0 Å². The van der Waals surface area contributed by atoms with Crippen LogP contribution in [0.25, 0.3) is 0 Å². The van der Waals surface area contributed by atoms with E-state index in [-0.39, 0.29) is 0 Å². The zero-order valence-corrected chi connectivity index (χ0v) is 16.7. The number of rotatable bonds is 5. The van der Waals surface area contributed by atoms with Gasteiger partial charge in [-0.2, -0.15) is 0 Å². The van der Waals surface area contributed by atoms with Crippen LogP contribution in [0, 0.1) is 0 Å². The van der Waals surface area contributed by atoms with E-state index in [2.05, 4.69) is 115 Å². The molecule has 0 saturated carbocycles. The van der Waals surface area contributed by atoms with Gasteiger partial charge < -0.3 is 4.65 Å². The van der Waals surface area contributed by atoms with Gasteiger partial charge in [-0.3, -0.25) is 0 Å². The molecule has 0 heterocycles. The van der Waals surface area contributed by atoms with E-state index in [9.17, 15) is 0 Å². The van der Waals surface area contributed by atoms with Crippen molar-refractivity contribution in [2.24, 2.45) is 0 Å². The lowest BCUT2D eigenvalue weighted by atomic mass is 10.4. The van der Waals surface area contributed by atoms with E-state index in [0.29, 0.717) is 0 Å². The van der Waals surface area contributed by atoms with E-state index in [1.807, 2.05) is 0 Å². The zero-order valence-electron chi connectivity index (χ0n) is 14.7. The molecule has 0 aliphatic heterocycles. The van der Waals surface area contributed by atoms with E-state index < -0.39 is 16.5 Å². The van der Waals surface area contributed by atoms with Crippen molar-refractivity contribution in [3.63, 3.8) is 0 Å². The molecule has 0 aromatic heterocycles. The van der Waals surface area contributed by atoms with Gasteiger partial charge in [0.05, 0.1) is 0 Å². The minimum Gasteiger partial charge on any atom is -0.349 e. The van der Waals surface area contributed by atoms with Gasteiger partial charge in [0.15, 0.2) is 8.24 Å². The van der Waals surface area contributed by atoms with Gasteiger partial charge in [-0.15, -0.1) is 0 Å². The quantitative estimate of drug-likeness (QED) is 0.700. The van der Waals surface area contributed by atoms with Crippen molar-refractivity contribution in [3.05, 3.63) is 91.0 Å². The highest BCUT2D eigenvalue weighted by Crippen LogP contribution is 2.08. The fourth-order valence-corrected chi connectivity index (χ4v) is 13.2. The van der Waals surface area contributed by atoms with Crippen molar-refractivity contribution in [3.8, 4) is 0 Å². The van der Waals surface area contributed by atoms with Crippen LogP contribution in [0.2, 0.25) is 19.6 Å². The summed E-state index contributed by atoms with van der Waals surface area (Å²) in [5.41, 5.74) is 0. The second-order valence-corrected chi connectivity index (χ2v) is 15.2. The number of nitrogens with one attached hydrogen (secondary N) is 1. The zero-order chi connectivity index (χ0) is 17.0. The van der Waals surface area contributed by atoms with Crippen molar-refractivity contribution in [2.45, 2.75) is 19.6 Å². The number of benzene rings is 3. The molecule has 0 fully saturated rings. The first-order chi connectivity index (χ1) is 11.5. The fraction of sp³-hybridized carbons (Fsp3) is 0.143. The summed E-state index contributed by atoms with van der Waals surface area (Å²) in [5.74, 6) is 0. The molecule has 0 unspecified atom stereocenters. The van der Waals surface area contributed by atoms with E-state index in [4.69, 9.17) is 0 Å². The Morgan fingerprint density at radius 2 is 0.833 bits per heavy atom. The molecule has 0 spiro atoms. The Kier molecular flexibility index (Phi) is 4.85. The van der Waals surface area contributed by atoms with Gasteiger partial charge >= 0.3 is 0 Å². The Bertz CT molecular complexity index is 731. The highest BCUT2D eigenvalue weighted by Gasteiger charge is 2.38. The maximum Gasteiger partial charge on any atom is 0.180 e. The molecule has 0 bridgehead atoms. The molecule has 0 aliphatic rings. The van der Waals surface area contributed by atoms with Crippen LogP contribution in [0.3, 0.4) is 0 Å². The van der Waals surface area contributed by atoms with Gasteiger partial charge in [-0.25, -0.2) is 0 Å². The summed E-state index contributed by atoms with van der Waals surface area (Å²) in [6.07, 6.45) is 0. The molecule has 0 radical (unpaired) electrons. The smallest absolute Gasteiger partial charge is 0.180 e. The first kappa shape index (κ1) is 16.9. The third-order valence-electron chi connectivity index (χ3n) is 4.76. The molecular formula is C21H25NSi2. The summed E-state index contributed by atoms with van der Waals surface area (Å²) in [7, 11) is -3.78. The van der Waals surface area contributed by atoms with Gasteiger partial charge in [-0.1, -0.05) is 104 Å². The van der Waals surface area contributed by atoms with Crippen molar-refractivity contribution in [1.29, 1.82) is 0 Å². The van der Waals surface area contributed by atoms with Crippen LogP contribution >= 0.6 is 0 Å². The Balaban J connectivity index is 2.06. The molecule has 24 heavy (non-hydrogen) atoms. The summed E-state index contributed by atoms with van der Waals surface area (Å²) < 4.78 is 4.20. The summed E-state index contributed by atoms with van der Waals surface area (Å²) in [6, 6.07) is 32.9. The predicted molar refractivity (Wildman–Crippen MR) is 110 cm³/mol. The third kappa shape index (κ3) is 3.43. The summed E-state index contributed by atoms with van der Waals surface area (Å²) in [4.78, 5) is 0. The third-order valence-corrected chi connectivity index (χ3v) is 14.0. The van der Waals surface area contributed by atoms with Crippen LogP contribution in [-0.2, 0) is 0 Å². The van der Waals surface area contributed by atoms with Crippen LogP contribution in [-0.4, -0.2) is 16.5 Å². The fourth-order valence-electron chi connectivity index (χ4n) is 3.41. The molecule has 0 saturated heterocycles. The lowest BCUT2D eigenvalue weighted by molar-refractivity contribution is 1.36. The maximum atomic E-state index is 4.20. The van der Waals surface area contributed by atoms with E-state index in [1.54, 1.807) is 0 Å². The molecule has 1 N–H and O–H groups in total. The maximum absolute atomic E-state index is 4.20. The van der Waals surface area contributed by atoms with Crippen LogP contribution in [0.5, 0.6) is 0 Å². The summed E-state index contributed by atoms with van der Waals surface area (Å²) in [6.45, 7) is 7.27. The first-order valence-corrected chi connectivity index (χ1v) is 14.0. The van der Waals surface area contributed by atoms with Crippen LogP contribution in [0.15, 0.2) is 91.0 Å². The Hall–Kier alpha value is -1.95. The monoisotopic (exact) mass is 347 g/mol. The minimum absolute atomic E-state index is 1.44. The topological polar surface area (TPSA) is 12.0 Å². The molecule has 3 aromatic rings. The normalized spacial score (nSPS) is 12.1. The van der Waals surface area contributed by atoms with Crippen LogP contribution < -0.4 is 20.2 Å². The molecular weight excluding hydrogens is 322 g/mol. The van der Waals surface area contributed by atoms with E-state index in [1.165, 1.54) is 15.6 Å². The Morgan fingerprint density at radius 1 is 0.500 bits per heavy atom. The summed E-state index contributed by atoms with van der Waals surface area (Å²) >= 11 is 0. The highest BCUT2D eigenvalue weighted by atomic mass is 28.4. The SMILES string of the molecule is C[Si](C)(N[Si](C)(c1ccccc1)c1ccccc1)c1ccccc1. The predicted octanol–water partition coefficient (Wildman–Crippen LogP) is 3.08. The Morgan fingerprint density at radius 3 is 1.21 bits per heavy atom. The van der Waals surface area contributed by atoms with Crippen molar-refractivity contribution < 1.29 is 0 Å². The average Bonchev–Trinajstić information content (AvgIpc) is 2.63. The molecule has 3 heteroatoms. The molecule has 3 aromatic carbocycles. The molecule has 1 nitrogen and oxygen atoms in total. The molecule has 0 atom stereocenters. The van der Waals surface area contributed by atoms with Crippen molar-refractivity contribution >= 4 is 32.0 Å². The van der Waals surface area contributed by atoms with Gasteiger partial charge in [0, 0.05) is 0 Å². The number of hydrogen-bond acceptors (Lipinski definition) is 1. The lowest BCUT2D eigenvalue weighted by Crippen LogP contribution is -2.75. The highest BCUT2D eigenvalue weighted by molar-refractivity contribution is 7.09. The van der Waals surface area contributed by atoms with E-state index in [0.717, 1.165) is 0 Å². The van der Waals surface area contributed by atoms with Gasteiger partial charge in [0.1, 0.15) is 8.24 Å². The molecule has 0 amide bonds. The van der Waals surface area contributed by atoms with Crippen molar-refractivity contribution in [1.82, 2.24) is 4.65 Å². The van der Waals surface area contributed by atoms with Crippen molar-refractivity contribution in [2.75, 3.05) is 0 Å². The van der Waals surface area contributed by atoms with Gasteiger partial charge in [0.25, 0.3) is 0 Å². The van der Waals surface area contributed by atoms with Gasteiger partial charge in [-0.05, 0) is 22.1 Å². The standard InChI is InChI=1S/C21H25NSi2/c1-23(2,19-13-7-4-8-14-19)22-24(3,20-15-9-5-10-16-20)21-17-11-6-12-18-21/h4-18,22H,1-3H3. The minimum atomic E-state index is -2.01. The molecule has 3 rings (SSSR count). The second kappa shape index (κ2) is 6.89. The van der Waals surface area contributed by atoms with Crippen LogP contribution in [0.4, 0.5) is 0 Å². The lowest BCUT2D eigenvalue weighted by Gasteiger charge is -2.38. The second-order valence-electron chi connectivity index (χ2n) is 6.97. The summed E-state index contributed by atoms with van der Waals surface area (Å²) in [5, 5.41) is 4.33.